The number of ketones is 2. The molecule has 0 aromatic heterocycles. The van der Waals surface area contributed by atoms with Crippen LogP contribution in [-0.4, -0.2) is 18.1 Å². The van der Waals surface area contributed by atoms with Gasteiger partial charge in [0.2, 0.25) is 0 Å². The smallest absolute Gasteiger partial charge is 0.151 e. The van der Waals surface area contributed by atoms with Crippen LogP contribution in [0.2, 0.25) is 0 Å². The van der Waals surface area contributed by atoms with E-state index < -0.39 is 5.92 Å². The number of anilines is 1. The Kier molecular flexibility index (Phi) is 5.26. The van der Waals surface area contributed by atoms with Gasteiger partial charge in [-0.25, -0.2) is 0 Å². The standard InChI is InChI=1S/C23H27NO2/c1-14-5-7-19(8-6-14)24-10-9-18-13-20(25)22(23(18)26)21-16(3)11-15(2)12-17(21)4/h5-8,11-12,18,22,24H,9-10,13H2,1-4H3. The maximum atomic E-state index is 12.9. The van der Waals surface area contributed by atoms with Crippen LogP contribution in [0.4, 0.5) is 5.69 Å². The molecule has 2 unspecified atom stereocenters. The van der Waals surface area contributed by atoms with Gasteiger partial charge in [0, 0.05) is 24.6 Å². The van der Waals surface area contributed by atoms with Gasteiger partial charge in [-0.15, -0.1) is 0 Å². The summed E-state index contributed by atoms with van der Waals surface area (Å²) in [6.07, 6.45) is 1.06. The number of benzene rings is 2. The predicted molar refractivity (Wildman–Crippen MR) is 106 cm³/mol. The molecule has 1 aliphatic rings. The Morgan fingerprint density at radius 3 is 2.15 bits per heavy atom. The van der Waals surface area contributed by atoms with Gasteiger partial charge < -0.3 is 5.32 Å². The largest absolute Gasteiger partial charge is 0.385 e. The number of carbonyl (C=O) groups is 2. The fourth-order valence-electron chi connectivity index (χ4n) is 4.11. The minimum Gasteiger partial charge on any atom is -0.385 e. The number of aryl methyl sites for hydroxylation is 4. The van der Waals surface area contributed by atoms with E-state index in [1.807, 2.05) is 32.9 Å². The molecule has 3 rings (SSSR count). The first kappa shape index (κ1) is 18.4. The summed E-state index contributed by atoms with van der Waals surface area (Å²) < 4.78 is 0. The third kappa shape index (κ3) is 3.72. The Morgan fingerprint density at radius 1 is 0.923 bits per heavy atom. The highest BCUT2D eigenvalue weighted by Gasteiger charge is 2.42. The number of Topliss-reactive ketones (excluding diaryl/α,β-unsaturated/α-hetero) is 2. The van der Waals surface area contributed by atoms with Crippen molar-refractivity contribution in [1.82, 2.24) is 0 Å². The molecule has 0 saturated heterocycles. The van der Waals surface area contributed by atoms with Crippen LogP contribution in [0.5, 0.6) is 0 Å². The molecule has 0 bridgehead atoms. The zero-order chi connectivity index (χ0) is 18.8. The van der Waals surface area contributed by atoms with E-state index in [-0.39, 0.29) is 17.5 Å². The minimum atomic E-state index is -0.569. The molecular weight excluding hydrogens is 322 g/mol. The molecule has 26 heavy (non-hydrogen) atoms. The summed E-state index contributed by atoms with van der Waals surface area (Å²) >= 11 is 0. The van der Waals surface area contributed by atoms with Crippen LogP contribution in [0.15, 0.2) is 36.4 Å². The van der Waals surface area contributed by atoms with Crippen molar-refractivity contribution in [3.63, 3.8) is 0 Å². The summed E-state index contributed by atoms with van der Waals surface area (Å²) in [6, 6.07) is 12.3. The van der Waals surface area contributed by atoms with E-state index in [1.54, 1.807) is 0 Å². The number of hydrogen-bond donors (Lipinski definition) is 1. The molecule has 1 fully saturated rings. The Bertz CT molecular complexity index is 813. The number of rotatable bonds is 5. The summed E-state index contributed by atoms with van der Waals surface area (Å²) in [5, 5.41) is 3.36. The molecule has 136 valence electrons. The number of hydrogen-bond acceptors (Lipinski definition) is 3. The zero-order valence-corrected chi connectivity index (χ0v) is 16.1. The van der Waals surface area contributed by atoms with Crippen molar-refractivity contribution < 1.29 is 9.59 Å². The van der Waals surface area contributed by atoms with E-state index in [0.29, 0.717) is 19.4 Å². The molecule has 0 heterocycles. The van der Waals surface area contributed by atoms with Crippen LogP contribution in [-0.2, 0) is 9.59 Å². The SMILES string of the molecule is Cc1ccc(NCCC2CC(=O)C(c3c(C)cc(C)cc3C)C2=O)cc1. The first-order valence-corrected chi connectivity index (χ1v) is 9.31. The third-order valence-corrected chi connectivity index (χ3v) is 5.36. The monoisotopic (exact) mass is 349 g/mol. The van der Waals surface area contributed by atoms with Gasteiger partial charge in [0.15, 0.2) is 5.78 Å². The highest BCUT2D eigenvalue weighted by Crippen LogP contribution is 2.37. The number of nitrogens with one attached hydrogen (secondary N) is 1. The van der Waals surface area contributed by atoms with Gasteiger partial charge in [-0.05, 0) is 62.9 Å². The van der Waals surface area contributed by atoms with Crippen LogP contribution >= 0.6 is 0 Å². The van der Waals surface area contributed by atoms with E-state index in [1.165, 1.54) is 11.1 Å². The summed E-state index contributed by atoms with van der Waals surface area (Å²) in [7, 11) is 0. The van der Waals surface area contributed by atoms with Gasteiger partial charge in [0.25, 0.3) is 0 Å². The molecule has 3 heteroatoms. The fourth-order valence-corrected chi connectivity index (χ4v) is 4.11. The highest BCUT2D eigenvalue weighted by atomic mass is 16.2. The first-order chi connectivity index (χ1) is 12.4. The van der Waals surface area contributed by atoms with Gasteiger partial charge in [0.1, 0.15) is 11.7 Å². The second kappa shape index (κ2) is 7.45. The molecule has 0 spiro atoms. The van der Waals surface area contributed by atoms with E-state index in [2.05, 4.69) is 36.5 Å². The fraction of sp³-hybridized carbons (Fsp3) is 0.391. The van der Waals surface area contributed by atoms with E-state index in [0.717, 1.165) is 22.4 Å². The molecule has 2 atom stereocenters. The van der Waals surface area contributed by atoms with E-state index in [9.17, 15) is 9.59 Å². The zero-order valence-electron chi connectivity index (χ0n) is 16.1. The van der Waals surface area contributed by atoms with Gasteiger partial charge >= 0.3 is 0 Å². The second-order valence-electron chi connectivity index (χ2n) is 7.60. The second-order valence-corrected chi connectivity index (χ2v) is 7.60. The van der Waals surface area contributed by atoms with Crippen molar-refractivity contribution in [2.45, 2.75) is 46.5 Å². The summed E-state index contributed by atoms with van der Waals surface area (Å²) in [5.74, 6) is -0.577. The Balaban J connectivity index is 1.68. The maximum absolute atomic E-state index is 12.9. The molecule has 2 aromatic rings. The van der Waals surface area contributed by atoms with Gasteiger partial charge in [-0.3, -0.25) is 9.59 Å². The molecule has 0 amide bonds. The van der Waals surface area contributed by atoms with Crippen LogP contribution in [0.1, 0.15) is 46.6 Å². The lowest BCUT2D eigenvalue weighted by Gasteiger charge is -2.16. The molecular formula is C23H27NO2. The van der Waals surface area contributed by atoms with Crippen LogP contribution in [0, 0.1) is 33.6 Å². The molecule has 1 saturated carbocycles. The summed E-state index contributed by atoms with van der Waals surface area (Å²) in [4.78, 5) is 25.6. The Morgan fingerprint density at radius 2 is 1.54 bits per heavy atom. The highest BCUT2D eigenvalue weighted by molar-refractivity contribution is 6.15. The van der Waals surface area contributed by atoms with Crippen LogP contribution in [0.25, 0.3) is 0 Å². The molecule has 0 radical (unpaired) electrons. The minimum absolute atomic E-state index is 0.0744. The Labute approximate surface area is 155 Å². The van der Waals surface area contributed by atoms with Crippen LogP contribution < -0.4 is 5.32 Å². The van der Waals surface area contributed by atoms with Crippen molar-refractivity contribution in [1.29, 1.82) is 0 Å². The molecule has 0 aliphatic heterocycles. The quantitative estimate of drug-likeness (QED) is 0.798. The predicted octanol–water partition coefficient (Wildman–Crippen LogP) is 4.66. The van der Waals surface area contributed by atoms with Gasteiger partial charge in [-0.1, -0.05) is 35.4 Å². The lowest BCUT2D eigenvalue weighted by Crippen LogP contribution is -2.19. The third-order valence-electron chi connectivity index (χ3n) is 5.36. The molecule has 1 N–H and O–H groups in total. The Hall–Kier alpha value is -2.42. The van der Waals surface area contributed by atoms with Crippen molar-refractivity contribution in [2.24, 2.45) is 5.92 Å². The topological polar surface area (TPSA) is 46.2 Å². The summed E-state index contributed by atoms with van der Waals surface area (Å²) in [6.45, 7) is 8.80. The molecule has 1 aliphatic carbocycles. The summed E-state index contributed by atoms with van der Waals surface area (Å²) in [5.41, 5.74) is 6.47. The average molecular weight is 349 g/mol. The molecule has 3 nitrogen and oxygen atoms in total. The van der Waals surface area contributed by atoms with Crippen molar-refractivity contribution >= 4 is 17.3 Å². The van der Waals surface area contributed by atoms with E-state index >= 15 is 0 Å². The molecule has 2 aromatic carbocycles. The lowest BCUT2D eigenvalue weighted by molar-refractivity contribution is -0.124. The number of carbonyl (C=O) groups excluding carboxylic acids is 2. The lowest BCUT2D eigenvalue weighted by atomic mass is 9.86. The van der Waals surface area contributed by atoms with Crippen molar-refractivity contribution in [2.75, 3.05) is 11.9 Å². The normalized spacial score (nSPS) is 19.8. The van der Waals surface area contributed by atoms with Crippen molar-refractivity contribution in [3.8, 4) is 0 Å². The van der Waals surface area contributed by atoms with Crippen molar-refractivity contribution in [3.05, 3.63) is 64.2 Å². The van der Waals surface area contributed by atoms with Gasteiger partial charge in [0.05, 0.1) is 0 Å². The van der Waals surface area contributed by atoms with Crippen LogP contribution in [0.3, 0.4) is 0 Å². The maximum Gasteiger partial charge on any atom is 0.151 e. The van der Waals surface area contributed by atoms with E-state index in [4.69, 9.17) is 0 Å². The average Bonchev–Trinajstić information content (AvgIpc) is 2.84. The van der Waals surface area contributed by atoms with Gasteiger partial charge in [-0.2, -0.15) is 0 Å². The first-order valence-electron chi connectivity index (χ1n) is 9.31.